The number of rotatable bonds is 6. The van der Waals surface area contributed by atoms with E-state index in [-0.39, 0.29) is 18.4 Å². The van der Waals surface area contributed by atoms with E-state index in [9.17, 15) is 9.59 Å². The van der Waals surface area contributed by atoms with Gasteiger partial charge in [-0.05, 0) is 25.0 Å². The lowest BCUT2D eigenvalue weighted by Gasteiger charge is -2.26. The zero-order chi connectivity index (χ0) is 15.2. The number of hydrogen-bond donors (Lipinski definition) is 0. The number of carbonyl (C=O) groups excluding carboxylic acids is 2. The summed E-state index contributed by atoms with van der Waals surface area (Å²) >= 11 is 0. The van der Waals surface area contributed by atoms with Crippen LogP contribution >= 0.6 is 0 Å². The number of amides is 1. The molecular weight excluding hydrogens is 274 g/mol. The van der Waals surface area contributed by atoms with Crippen molar-refractivity contribution in [3.63, 3.8) is 0 Å². The molecule has 0 aromatic carbocycles. The molecule has 1 aliphatic heterocycles. The lowest BCUT2D eigenvalue weighted by atomic mass is 10.1. The maximum Gasteiger partial charge on any atom is 0.310 e. The van der Waals surface area contributed by atoms with Crippen molar-refractivity contribution in [3.05, 3.63) is 24.2 Å². The van der Waals surface area contributed by atoms with Crippen LogP contribution in [0.25, 0.3) is 0 Å². The van der Waals surface area contributed by atoms with Gasteiger partial charge in [0.25, 0.3) is 5.91 Å². The molecule has 2 heterocycles. The van der Waals surface area contributed by atoms with E-state index in [1.165, 1.54) is 7.11 Å². The molecule has 21 heavy (non-hydrogen) atoms. The Balaban J connectivity index is 2.05. The summed E-state index contributed by atoms with van der Waals surface area (Å²) < 4.78 is 15.5. The summed E-state index contributed by atoms with van der Waals surface area (Å²) in [5.74, 6) is -0.145. The van der Waals surface area contributed by atoms with E-state index in [1.807, 2.05) is 0 Å². The second-order valence-corrected chi connectivity index (χ2v) is 5.22. The molecule has 0 radical (unpaired) electrons. The summed E-state index contributed by atoms with van der Waals surface area (Å²) in [5.41, 5.74) is 0. The van der Waals surface area contributed by atoms with Crippen molar-refractivity contribution in [2.45, 2.75) is 32.4 Å². The number of hydrogen-bond acceptors (Lipinski definition) is 5. The third-order valence-electron chi connectivity index (χ3n) is 3.54. The van der Waals surface area contributed by atoms with Crippen molar-refractivity contribution >= 4 is 11.9 Å². The van der Waals surface area contributed by atoms with Gasteiger partial charge >= 0.3 is 5.97 Å². The largest absolute Gasteiger partial charge is 0.469 e. The van der Waals surface area contributed by atoms with E-state index in [4.69, 9.17) is 13.9 Å². The summed E-state index contributed by atoms with van der Waals surface area (Å²) in [4.78, 5) is 25.7. The van der Waals surface area contributed by atoms with Gasteiger partial charge in [0.15, 0.2) is 0 Å². The molecule has 1 fully saturated rings. The first-order chi connectivity index (χ1) is 10.1. The Morgan fingerprint density at radius 3 is 2.90 bits per heavy atom. The molecule has 1 aliphatic rings. The summed E-state index contributed by atoms with van der Waals surface area (Å²) in [7, 11) is 1.34. The van der Waals surface area contributed by atoms with E-state index < -0.39 is 12.0 Å². The first kappa shape index (κ1) is 15.6. The average molecular weight is 295 g/mol. The molecule has 6 nitrogen and oxygen atoms in total. The molecule has 1 aromatic rings. The van der Waals surface area contributed by atoms with Crippen molar-refractivity contribution in [1.82, 2.24) is 4.90 Å². The van der Waals surface area contributed by atoms with Crippen molar-refractivity contribution in [1.29, 1.82) is 0 Å². The van der Waals surface area contributed by atoms with E-state index in [2.05, 4.69) is 0 Å². The third-order valence-corrected chi connectivity index (χ3v) is 3.54. The Morgan fingerprint density at radius 1 is 1.52 bits per heavy atom. The van der Waals surface area contributed by atoms with E-state index in [1.54, 1.807) is 30.2 Å². The lowest BCUT2D eigenvalue weighted by molar-refractivity contribution is -0.149. The Kier molecular flexibility index (Phi) is 5.38. The van der Waals surface area contributed by atoms with Gasteiger partial charge in [-0.1, -0.05) is 6.92 Å². The summed E-state index contributed by atoms with van der Waals surface area (Å²) in [5, 5.41) is 0. The molecule has 2 rings (SSSR count). The zero-order valence-electron chi connectivity index (χ0n) is 12.4. The van der Waals surface area contributed by atoms with Gasteiger partial charge in [0.05, 0.1) is 25.8 Å². The van der Waals surface area contributed by atoms with Gasteiger partial charge in [0, 0.05) is 13.2 Å². The fourth-order valence-electron chi connectivity index (χ4n) is 2.41. The van der Waals surface area contributed by atoms with E-state index in [0.717, 1.165) is 12.8 Å². The minimum atomic E-state index is -0.412. The van der Waals surface area contributed by atoms with Gasteiger partial charge in [-0.15, -0.1) is 0 Å². The second-order valence-electron chi connectivity index (χ2n) is 5.22. The Labute approximate surface area is 124 Å². The predicted octanol–water partition coefficient (Wildman–Crippen LogP) is 1.60. The van der Waals surface area contributed by atoms with Crippen LogP contribution in [-0.2, 0) is 25.6 Å². The van der Waals surface area contributed by atoms with Gasteiger partial charge < -0.3 is 18.8 Å². The van der Waals surface area contributed by atoms with E-state index >= 15 is 0 Å². The molecule has 1 amide bonds. The predicted molar refractivity (Wildman–Crippen MR) is 74.3 cm³/mol. The van der Waals surface area contributed by atoms with Gasteiger partial charge in [-0.2, -0.15) is 0 Å². The van der Waals surface area contributed by atoms with Gasteiger partial charge in [0.2, 0.25) is 0 Å². The smallest absolute Gasteiger partial charge is 0.310 e. The highest BCUT2D eigenvalue weighted by Gasteiger charge is 2.30. The Bertz CT molecular complexity index is 464. The van der Waals surface area contributed by atoms with Gasteiger partial charge in [-0.3, -0.25) is 9.59 Å². The second kappa shape index (κ2) is 7.26. The van der Waals surface area contributed by atoms with Crippen LogP contribution in [0, 0.1) is 5.92 Å². The molecule has 2 unspecified atom stereocenters. The topological polar surface area (TPSA) is 69.0 Å². The van der Waals surface area contributed by atoms with Crippen LogP contribution in [0.2, 0.25) is 0 Å². The lowest BCUT2D eigenvalue weighted by Crippen LogP contribution is -2.42. The van der Waals surface area contributed by atoms with Crippen molar-refractivity contribution < 1.29 is 23.5 Å². The standard InChI is InChI=1S/C15H21NO5/c1-11(15(18)19-2)9-16(10-12-5-3-7-20-12)14(17)13-6-4-8-21-13/h3,5,7,11,13H,4,6,8-10H2,1-2H3. The van der Waals surface area contributed by atoms with Crippen LogP contribution in [0.5, 0.6) is 0 Å². The van der Waals surface area contributed by atoms with E-state index in [0.29, 0.717) is 18.9 Å². The van der Waals surface area contributed by atoms with Crippen LogP contribution in [-0.4, -0.2) is 43.1 Å². The van der Waals surface area contributed by atoms with Crippen molar-refractivity contribution in [3.8, 4) is 0 Å². The Morgan fingerprint density at radius 2 is 2.33 bits per heavy atom. The molecule has 1 aromatic heterocycles. The molecule has 0 saturated carbocycles. The van der Waals surface area contributed by atoms with Crippen molar-refractivity contribution in [2.75, 3.05) is 20.3 Å². The quantitative estimate of drug-likeness (QED) is 0.746. The minimum absolute atomic E-state index is 0.0975. The van der Waals surface area contributed by atoms with Crippen molar-refractivity contribution in [2.24, 2.45) is 5.92 Å². The van der Waals surface area contributed by atoms with Crippen LogP contribution in [0.1, 0.15) is 25.5 Å². The number of furan rings is 1. The normalized spacial score (nSPS) is 19.2. The molecule has 1 saturated heterocycles. The van der Waals surface area contributed by atoms with Gasteiger partial charge in [-0.25, -0.2) is 0 Å². The number of nitrogens with zero attached hydrogens (tertiary/aromatic N) is 1. The highest BCUT2D eigenvalue weighted by Crippen LogP contribution is 2.18. The summed E-state index contributed by atoms with van der Waals surface area (Å²) in [6.07, 6.45) is 2.76. The molecular formula is C15H21NO5. The molecule has 116 valence electrons. The number of carbonyl (C=O) groups is 2. The number of ether oxygens (including phenoxy) is 2. The molecule has 6 heteroatoms. The monoisotopic (exact) mass is 295 g/mol. The highest BCUT2D eigenvalue weighted by atomic mass is 16.5. The molecule has 2 atom stereocenters. The average Bonchev–Trinajstić information content (AvgIpc) is 3.17. The van der Waals surface area contributed by atoms with Crippen LogP contribution in [0.4, 0.5) is 0 Å². The van der Waals surface area contributed by atoms with Gasteiger partial charge in [0.1, 0.15) is 11.9 Å². The Hall–Kier alpha value is -1.82. The number of methoxy groups -OCH3 is 1. The SMILES string of the molecule is COC(=O)C(C)CN(Cc1ccco1)C(=O)C1CCCO1. The highest BCUT2D eigenvalue weighted by molar-refractivity contribution is 5.82. The van der Waals surface area contributed by atoms with Crippen LogP contribution in [0.15, 0.2) is 22.8 Å². The first-order valence-electron chi connectivity index (χ1n) is 7.12. The fraction of sp³-hybridized carbons (Fsp3) is 0.600. The zero-order valence-corrected chi connectivity index (χ0v) is 12.4. The molecule has 0 aliphatic carbocycles. The maximum absolute atomic E-state index is 12.5. The number of esters is 1. The van der Waals surface area contributed by atoms with Crippen LogP contribution < -0.4 is 0 Å². The van der Waals surface area contributed by atoms with Crippen LogP contribution in [0.3, 0.4) is 0 Å². The fourth-order valence-corrected chi connectivity index (χ4v) is 2.41. The first-order valence-corrected chi connectivity index (χ1v) is 7.12. The summed E-state index contributed by atoms with van der Waals surface area (Å²) in [6.45, 7) is 2.96. The minimum Gasteiger partial charge on any atom is -0.469 e. The third kappa shape index (κ3) is 4.07. The maximum atomic E-state index is 12.5. The summed E-state index contributed by atoms with van der Waals surface area (Å²) in [6, 6.07) is 3.58. The molecule has 0 N–H and O–H groups in total. The molecule has 0 spiro atoms. The molecule has 0 bridgehead atoms.